The Balaban J connectivity index is 1.51. The van der Waals surface area contributed by atoms with Crippen molar-refractivity contribution in [2.75, 3.05) is 33.5 Å². The van der Waals surface area contributed by atoms with Crippen molar-refractivity contribution in [3.05, 3.63) is 83.2 Å². The molecule has 0 unspecified atom stereocenters. The van der Waals surface area contributed by atoms with Crippen molar-refractivity contribution in [1.82, 2.24) is 18.8 Å². The molecule has 0 aliphatic carbocycles. The summed E-state index contributed by atoms with van der Waals surface area (Å²) in [6.45, 7) is 2.53. The van der Waals surface area contributed by atoms with Gasteiger partial charge in [0.25, 0.3) is 5.72 Å². The standard InChI is InChI=1S/C27H30FN5O4S/c1-19-16-32(18-29-19)24-12-7-20(15-25(24)36-3)14-21-6-5-13-33-26(21)30-37-27(33,17-31(2)38(4,34)35)22-8-10-23(28)11-9-22/h7-12,14-16,18H,5-6,13,17H2,1-4H3/t27-/m1/s1. The molecule has 5 rings (SSSR count). The molecule has 1 fully saturated rings. The lowest BCUT2D eigenvalue weighted by Crippen LogP contribution is -2.55. The van der Waals surface area contributed by atoms with E-state index in [0.717, 1.165) is 41.6 Å². The van der Waals surface area contributed by atoms with Gasteiger partial charge >= 0.3 is 0 Å². The third-order valence-corrected chi connectivity index (χ3v) is 8.18. The number of rotatable bonds is 7. The van der Waals surface area contributed by atoms with E-state index in [4.69, 9.17) is 9.57 Å². The van der Waals surface area contributed by atoms with Crippen molar-refractivity contribution in [1.29, 1.82) is 0 Å². The van der Waals surface area contributed by atoms with Crippen molar-refractivity contribution in [2.24, 2.45) is 5.16 Å². The number of aromatic nitrogens is 2. The molecule has 2 aliphatic rings. The Morgan fingerprint density at radius 2 is 2.00 bits per heavy atom. The predicted molar refractivity (Wildman–Crippen MR) is 143 cm³/mol. The summed E-state index contributed by atoms with van der Waals surface area (Å²) in [6.07, 6.45) is 8.44. The number of imidazole rings is 1. The average molecular weight is 540 g/mol. The summed E-state index contributed by atoms with van der Waals surface area (Å²) in [4.78, 5) is 12.4. The quantitative estimate of drug-likeness (QED) is 0.453. The van der Waals surface area contributed by atoms with Crippen LogP contribution in [0.3, 0.4) is 0 Å². The second-order valence-corrected chi connectivity index (χ2v) is 11.7. The van der Waals surface area contributed by atoms with Gasteiger partial charge in [0.2, 0.25) is 10.0 Å². The summed E-state index contributed by atoms with van der Waals surface area (Å²) in [7, 11) is -0.382. The summed E-state index contributed by atoms with van der Waals surface area (Å²) < 4.78 is 47.2. The number of amidine groups is 1. The number of hydrogen-bond donors (Lipinski definition) is 0. The van der Waals surface area contributed by atoms with Crippen LogP contribution in [0.15, 0.2) is 65.7 Å². The van der Waals surface area contributed by atoms with Crippen LogP contribution in [0.2, 0.25) is 0 Å². The lowest BCUT2D eigenvalue weighted by molar-refractivity contribution is -0.113. The minimum Gasteiger partial charge on any atom is -0.495 e. The first-order valence-corrected chi connectivity index (χ1v) is 14.1. The van der Waals surface area contributed by atoms with Crippen LogP contribution in [0, 0.1) is 12.7 Å². The van der Waals surface area contributed by atoms with E-state index in [1.807, 2.05) is 46.9 Å². The third-order valence-electron chi connectivity index (χ3n) is 6.92. The smallest absolute Gasteiger partial charge is 0.251 e. The molecule has 3 aromatic rings. The summed E-state index contributed by atoms with van der Waals surface area (Å²) in [5.41, 5.74) is 3.06. The zero-order valence-electron chi connectivity index (χ0n) is 21.8. The van der Waals surface area contributed by atoms with Gasteiger partial charge in [0, 0.05) is 25.4 Å². The number of nitrogens with zero attached hydrogens (tertiary/aromatic N) is 5. The SMILES string of the molecule is COc1cc(C=C2CCCN3C2=NO[C@]3(CN(C)S(C)(=O)=O)c2ccc(F)cc2)ccc1-n1cnc(C)c1. The number of benzene rings is 2. The highest BCUT2D eigenvalue weighted by atomic mass is 32.2. The van der Waals surface area contributed by atoms with Crippen LogP contribution < -0.4 is 4.74 Å². The minimum atomic E-state index is -3.51. The van der Waals surface area contributed by atoms with Crippen molar-refractivity contribution < 1.29 is 22.4 Å². The number of methoxy groups -OCH3 is 1. The minimum absolute atomic E-state index is 0.00934. The van der Waals surface area contributed by atoms with E-state index < -0.39 is 15.7 Å². The second kappa shape index (κ2) is 9.88. The Morgan fingerprint density at radius 1 is 1.24 bits per heavy atom. The molecule has 3 heterocycles. The van der Waals surface area contributed by atoms with Gasteiger partial charge in [-0.2, -0.15) is 4.31 Å². The highest BCUT2D eigenvalue weighted by molar-refractivity contribution is 7.88. The molecule has 11 heteroatoms. The molecule has 0 saturated carbocycles. The molecule has 38 heavy (non-hydrogen) atoms. The van der Waals surface area contributed by atoms with Crippen LogP contribution in [-0.2, 0) is 20.6 Å². The number of halogens is 1. The Hall–Kier alpha value is -3.70. The molecule has 9 nitrogen and oxygen atoms in total. The molecule has 200 valence electrons. The number of likely N-dealkylation sites (N-methyl/N-ethyl adjacent to an activating group) is 1. The zero-order chi connectivity index (χ0) is 27.1. The first-order valence-electron chi connectivity index (χ1n) is 12.2. The maximum atomic E-state index is 13.8. The van der Waals surface area contributed by atoms with Crippen LogP contribution in [0.4, 0.5) is 4.39 Å². The molecule has 0 N–H and O–H groups in total. The Labute approximate surface area is 221 Å². The largest absolute Gasteiger partial charge is 0.495 e. The highest BCUT2D eigenvalue weighted by Crippen LogP contribution is 2.41. The maximum Gasteiger partial charge on any atom is 0.251 e. The lowest BCUT2D eigenvalue weighted by Gasteiger charge is -2.41. The van der Waals surface area contributed by atoms with E-state index in [-0.39, 0.29) is 12.4 Å². The number of piperidine rings is 1. The van der Waals surface area contributed by atoms with Gasteiger partial charge in [-0.15, -0.1) is 0 Å². The average Bonchev–Trinajstić information content (AvgIpc) is 3.49. The molecule has 0 bridgehead atoms. The zero-order valence-corrected chi connectivity index (χ0v) is 22.6. The molecule has 0 radical (unpaired) electrons. The summed E-state index contributed by atoms with van der Waals surface area (Å²) in [5, 5.41) is 4.45. The number of oxime groups is 1. The van der Waals surface area contributed by atoms with Gasteiger partial charge in [-0.25, -0.2) is 17.8 Å². The van der Waals surface area contributed by atoms with E-state index in [1.54, 1.807) is 25.6 Å². The molecule has 1 atom stereocenters. The van der Waals surface area contributed by atoms with Crippen molar-refractivity contribution >= 4 is 21.9 Å². The Bertz CT molecular complexity index is 1520. The van der Waals surface area contributed by atoms with Gasteiger partial charge in [0.1, 0.15) is 11.6 Å². The summed E-state index contributed by atoms with van der Waals surface area (Å²) in [6, 6.07) is 11.8. The number of sulfonamides is 1. The number of hydrogen-bond acceptors (Lipinski definition) is 7. The second-order valence-electron chi connectivity index (χ2n) is 9.59. The van der Waals surface area contributed by atoms with E-state index in [2.05, 4.69) is 10.1 Å². The fourth-order valence-electron chi connectivity index (χ4n) is 4.88. The van der Waals surface area contributed by atoms with E-state index in [0.29, 0.717) is 23.7 Å². The topological polar surface area (TPSA) is 89.3 Å². The number of aryl methyl sites for hydroxylation is 1. The van der Waals surface area contributed by atoms with Gasteiger partial charge in [0.05, 0.1) is 37.6 Å². The van der Waals surface area contributed by atoms with Crippen LogP contribution in [0.25, 0.3) is 11.8 Å². The van der Waals surface area contributed by atoms with Gasteiger partial charge < -0.3 is 19.0 Å². The van der Waals surface area contributed by atoms with Gasteiger partial charge in [0.15, 0.2) is 5.84 Å². The van der Waals surface area contributed by atoms with Crippen LogP contribution in [-0.4, -0.2) is 66.5 Å². The molecule has 0 spiro atoms. The fourth-order valence-corrected chi connectivity index (χ4v) is 5.29. The van der Waals surface area contributed by atoms with Gasteiger partial charge in [-0.05, 0) is 61.2 Å². The normalized spacial score (nSPS) is 20.4. The van der Waals surface area contributed by atoms with Crippen LogP contribution in [0.1, 0.15) is 29.7 Å². The molecule has 1 saturated heterocycles. The van der Waals surface area contributed by atoms with E-state index >= 15 is 0 Å². The number of fused-ring (bicyclic) bond motifs is 1. The Morgan fingerprint density at radius 3 is 2.66 bits per heavy atom. The van der Waals surface area contributed by atoms with E-state index in [9.17, 15) is 12.8 Å². The molecule has 2 aliphatic heterocycles. The third kappa shape index (κ3) is 4.79. The van der Waals surface area contributed by atoms with Gasteiger partial charge in [-0.1, -0.05) is 23.4 Å². The number of ether oxygens (including phenoxy) is 1. The Kier molecular flexibility index (Phi) is 6.74. The van der Waals surface area contributed by atoms with Crippen molar-refractivity contribution in [2.45, 2.75) is 25.5 Å². The molecular formula is C27H30FN5O4S. The predicted octanol–water partition coefficient (Wildman–Crippen LogP) is 3.90. The fraction of sp³-hybridized carbons (Fsp3) is 0.333. The lowest BCUT2D eigenvalue weighted by atomic mass is 9.94. The van der Waals surface area contributed by atoms with E-state index in [1.165, 1.54) is 23.5 Å². The first-order chi connectivity index (χ1) is 18.1. The van der Waals surface area contributed by atoms with Crippen molar-refractivity contribution in [3.8, 4) is 11.4 Å². The highest BCUT2D eigenvalue weighted by Gasteiger charge is 2.51. The monoisotopic (exact) mass is 539 g/mol. The molecule has 0 amide bonds. The molecule has 1 aromatic heterocycles. The van der Waals surface area contributed by atoms with Crippen molar-refractivity contribution in [3.63, 3.8) is 0 Å². The summed E-state index contributed by atoms with van der Waals surface area (Å²) >= 11 is 0. The van der Waals surface area contributed by atoms with Gasteiger partial charge in [-0.3, -0.25) is 0 Å². The maximum absolute atomic E-state index is 13.8. The van der Waals surface area contributed by atoms with Crippen LogP contribution >= 0.6 is 0 Å². The molecular weight excluding hydrogens is 509 g/mol. The summed E-state index contributed by atoms with van der Waals surface area (Å²) in [5.74, 6) is 0.946. The van der Waals surface area contributed by atoms with Crippen LogP contribution in [0.5, 0.6) is 5.75 Å². The molecule has 2 aromatic carbocycles. The first kappa shape index (κ1) is 25.9.